The van der Waals surface area contributed by atoms with Crippen molar-refractivity contribution in [2.75, 3.05) is 33.1 Å². The predicted molar refractivity (Wildman–Crippen MR) is 130 cm³/mol. The SMILES string of the molecule is COc1ccc(-c2nn[nH]n2)cc1C(=O)N1CC[C@](CCOS(C)(=O)=O)(c2ccc(Cl)c(Cl)c2)C1. The molecule has 4 rings (SSSR count). The van der Waals surface area contributed by atoms with Gasteiger partial charge in [0.25, 0.3) is 16.0 Å². The van der Waals surface area contributed by atoms with Gasteiger partial charge in [-0.05, 0) is 54.0 Å². The average Bonchev–Trinajstić information content (AvgIpc) is 3.50. The largest absolute Gasteiger partial charge is 0.496 e. The maximum atomic E-state index is 13.6. The Bertz CT molecular complexity index is 1340. The van der Waals surface area contributed by atoms with E-state index in [2.05, 4.69) is 20.6 Å². The van der Waals surface area contributed by atoms with Gasteiger partial charge in [-0.15, -0.1) is 10.2 Å². The minimum absolute atomic E-state index is 0.0300. The average molecular weight is 540 g/mol. The maximum absolute atomic E-state index is 13.6. The molecule has 1 atom stereocenters. The smallest absolute Gasteiger partial charge is 0.264 e. The number of ether oxygens (including phenoxy) is 1. The van der Waals surface area contributed by atoms with Crippen LogP contribution in [0.5, 0.6) is 5.75 Å². The van der Waals surface area contributed by atoms with Gasteiger partial charge in [0.2, 0.25) is 5.82 Å². The maximum Gasteiger partial charge on any atom is 0.264 e. The Hall–Kier alpha value is -2.73. The molecule has 1 N–H and O–H groups in total. The van der Waals surface area contributed by atoms with E-state index in [4.69, 9.17) is 32.1 Å². The molecule has 0 unspecified atom stereocenters. The monoisotopic (exact) mass is 539 g/mol. The molecule has 35 heavy (non-hydrogen) atoms. The molecule has 1 saturated heterocycles. The van der Waals surface area contributed by atoms with Gasteiger partial charge in [0, 0.05) is 24.1 Å². The minimum atomic E-state index is -3.61. The van der Waals surface area contributed by atoms with Gasteiger partial charge >= 0.3 is 0 Å². The van der Waals surface area contributed by atoms with Crippen LogP contribution in [0.25, 0.3) is 11.4 Å². The molecule has 0 saturated carbocycles. The Kier molecular flexibility index (Phi) is 7.32. The lowest BCUT2D eigenvalue weighted by molar-refractivity contribution is 0.0777. The number of nitrogens with one attached hydrogen (secondary N) is 1. The topological polar surface area (TPSA) is 127 Å². The lowest BCUT2D eigenvalue weighted by atomic mass is 9.77. The number of H-pyrrole nitrogens is 1. The Morgan fingerprint density at radius 1 is 1.20 bits per heavy atom. The highest BCUT2D eigenvalue weighted by atomic mass is 35.5. The van der Waals surface area contributed by atoms with Gasteiger partial charge in [0.05, 0.1) is 35.6 Å². The molecule has 1 aliphatic rings. The van der Waals surface area contributed by atoms with E-state index in [-0.39, 0.29) is 12.5 Å². The van der Waals surface area contributed by atoms with Crippen molar-refractivity contribution in [3.8, 4) is 17.1 Å². The van der Waals surface area contributed by atoms with Crippen LogP contribution >= 0.6 is 23.2 Å². The lowest BCUT2D eigenvalue weighted by Crippen LogP contribution is -2.35. The summed E-state index contributed by atoms with van der Waals surface area (Å²) in [7, 11) is -2.12. The minimum Gasteiger partial charge on any atom is -0.496 e. The Balaban J connectivity index is 1.65. The zero-order valence-electron chi connectivity index (χ0n) is 19.0. The number of aromatic amines is 1. The van der Waals surface area contributed by atoms with E-state index in [1.165, 1.54) is 7.11 Å². The summed E-state index contributed by atoms with van der Waals surface area (Å²) >= 11 is 12.4. The van der Waals surface area contributed by atoms with Crippen LogP contribution in [0.3, 0.4) is 0 Å². The van der Waals surface area contributed by atoms with Gasteiger partial charge < -0.3 is 9.64 Å². The second kappa shape index (κ2) is 10.1. The van der Waals surface area contributed by atoms with Crippen LogP contribution in [-0.2, 0) is 19.7 Å². The van der Waals surface area contributed by atoms with Gasteiger partial charge in [-0.1, -0.05) is 29.3 Å². The second-order valence-corrected chi connectivity index (χ2v) is 10.8. The number of halogens is 2. The van der Waals surface area contributed by atoms with E-state index in [9.17, 15) is 13.2 Å². The first-order chi connectivity index (χ1) is 16.6. The molecule has 1 aromatic heterocycles. The summed E-state index contributed by atoms with van der Waals surface area (Å²) in [5.74, 6) is 0.527. The van der Waals surface area contributed by atoms with Crippen molar-refractivity contribution in [3.63, 3.8) is 0 Å². The number of methoxy groups -OCH3 is 1. The molecule has 2 aromatic carbocycles. The molecule has 186 valence electrons. The molecule has 1 amide bonds. The molecule has 1 fully saturated rings. The van der Waals surface area contributed by atoms with Crippen molar-refractivity contribution in [2.45, 2.75) is 18.3 Å². The first kappa shape index (κ1) is 25.4. The number of benzene rings is 2. The molecule has 10 nitrogen and oxygen atoms in total. The van der Waals surface area contributed by atoms with E-state index < -0.39 is 15.5 Å². The number of carbonyl (C=O) groups is 1. The fourth-order valence-corrected chi connectivity index (χ4v) is 5.00. The number of hydrogen-bond acceptors (Lipinski definition) is 8. The van der Waals surface area contributed by atoms with Crippen molar-refractivity contribution < 1.29 is 22.1 Å². The quantitative estimate of drug-likeness (QED) is 0.431. The number of amides is 1. The predicted octanol–water partition coefficient (Wildman–Crippen LogP) is 3.33. The van der Waals surface area contributed by atoms with Crippen molar-refractivity contribution in [1.82, 2.24) is 25.5 Å². The molecular weight excluding hydrogens is 517 g/mol. The van der Waals surface area contributed by atoms with E-state index >= 15 is 0 Å². The summed E-state index contributed by atoms with van der Waals surface area (Å²) in [6, 6.07) is 10.4. The highest BCUT2D eigenvalue weighted by molar-refractivity contribution is 7.85. The number of tetrazole rings is 1. The van der Waals surface area contributed by atoms with Crippen LogP contribution in [0.15, 0.2) is 36.4 Å². The first-order valence-corrected chi connectivity index (χ1v) is 13.2. The van der Waals surface area contributed by atoms with Gasteiger partial charge in [0.15, 0.2) is 0 Å². The molecular formula is C22H23Cl2N5O5S. The number of likely N-dealkylation sites (tertiary alicyclic amines) is 1. The summed E-state index contributed by atoms with van der Waals surface area (Å²) in [6.07, 6.45) is 1.95. The van der Waals surface area contributed by atoms with Crippen molar-refractivity contribution in [3.05, 3.63) is 57.6 Å². The van der Waals surface area contributed by atoms with Crippen LogP contribution in [0.2, 0.25) is 10.0 Å². The normalized spacial score (nSPS) is 18.1. The van der Waals surface area contributed by atoms with Gasteiger partial charge in [-0.2, -0.15) is 13.6 Å². The third kappa shape index (κ3) is 5.58. The van der Waals surface area contributed by atoms with E-state index in [0.717, 1.165) is 11.8 Å². The fraction of sp³-hybridized carbons (Fsp3) is 0.364. The number of nitrogens with zero attached hydrogens (tertiary/aromatic N) is 4. The van der Waals surface area contributed by atoms with Crippen LogP contribution in [0.1, 0.15) is 28.8 Å². The molecule has 0 bridgehead atoms. The highest BCUT2D eigenvalue weighted by Crippen LogP contribution is 2.41. The summed E-state index contributed by atoms with van der Waals surface area (Å²) < 4.78 is 33.6. The van der Waals surface area contributed by atoms with E-state index in [1.807, 2.05) is 6.07 Å². The fourth-order valence-electron chi connectivity index (χ4n) is 4.31. The van der Waals surface area contributed by atoms with Crippen LogP contribution in [0, 0.1) is 0 Å². The van der Waals surface area contributed by atoms with Gasteiger partial charge in [0.1, 0.15) is 5.75 Å². The molecule has 3 aromatic rings. The van der Waals surface area contributed by atoms with Crippen molar-refractivity contribution >= 4 is 39.2 Å². The molecule has 0 aliphatic carbocycles. The summed E-state index contributed by atoms with van der Waals surface area (Å²) in [5, 5.41) is 14.7. The zero-order chi connectivity index (χ0) is 25.2. The molecule has 0 spiro atoms. The summed E-state index contributed by atoms with van der Waals surface area (Å²) in [6.45, 7) is 0.734. The van der Waals surface area contributed by atoms with Gasteiger partial charge in [-0.25, -0.2) is 0 Å². The Morgan fingerprint density at radius 3 is 2.66 bits per heavy atom. The van der Waals surface area contributed by atoms with Crippen molar-refractivity contribution in [2.24, 2.45) is 0 Å². The molecule has 13 heteroatoms. The van der Waals surface area contributed by atoms with Crippen LogP contribution in [0.4, 0.5) is 0 Å². The van der Waals surface area contributed by atoms with E-state index in [0.29, 0.717) is 58.7 Å². The summed E-state index contributed by atoms with van der Waals surface area (Å²) in [4.78, 5) is 15.3. The molecule has 1 aliphatic heterocycles. The van der Waals surface area contributed by atoms with Crippen molar-refractivity contribution in [1.29, 1.82) is 0 Å². The standard InChI is InChI=1S/C22H23Cl2N5O5S/c1-33-19-6-3-14(20-25-27-28-26-20)11-16(19)21(30)29-9-7-22(13-29,8-10-34-35(2,31)32)15-4-5-17(23)18(24)12-15/h3-6,11-12H,7-10,13H2,1-2H3,(H,25,26,27,28)/t22-/m1/s1. The van der Waals surface area contributed by atoms with Crippen LogP contribution in [-0.4, -0.2) is 72.9 Å². The summed E-state index contributed by atoms with van der Waals surface area (Å²) in [5.41, 5.74) is 1.24. The number of rotatable bonds is 8. The molecule has 2 heterocycles. The van der Waals surface area contributed by atoms with Gasteiger partial charge in [-0.3, -0.25) is 8.98 Å². The Labute approximate surface area is 212 Å². The van der Waals surface area contributed by atoms with Crippen LogP contribution < -0.4 is 4.74 Å². The zero-order valence-corrected chi connectivity index (χ0v) is 21.3. The first-order valence-electron chi connectivity index (χ1n) is 10.6. The second-order valence-electron chi connectivity index (χ2n) is 8.31. The molecule has 0 radical (unpaired) electrons. The number of carbonyl (C=O) groups excluding carboxylic acids is 1. The third-order valence-electron chi connectivity index (χ3n) is 6.08. The number of hydrogen-bond donors (Lipinski definition) is 1. The highest BCUT2D eigenvalue weighted by Gasteiger charge is 2.42. The third-order valence-corrected chi connectivity index (χ3v) is 7.42. The Morgan fingerprint density at radius 2 is 2.00 bits per heavy atom. The van der Waals surface area contributed by atoms with E-state index in [1.54, 1.807) is 35.2 Å². The number of aromatic nitrogens is 4. The lowest BCUT2D eigenvalue weighted by Gasteiger charge is -2.30.